The Morgan fingerprint density at radius 1 is 1.10 bits per heavy atom. The van der Waals surface area contributed by atoms with Gasteiger partial charge in [-0.3, -0.25) is 0 Å². The van der Waals surface area contributed by atoms with Crippen molar-refractivity contribution in [2.45, 2.75) is 42.5 Å². The number of halogens is 1. The fraction of sp³-hybridized carbons (Fsp3) is 0.208. The number of aliphatic imine (C=N–C) groups is 1. The Kier molecular flexibility index (Phi) is 5.25. The Hall–Kier alpha value is -2.01. The van der Waals surface area contributed by atoms with Crippen LogP contribution in [0.25, 0.3) is 5.70 Å². The lowest BCUT2D eigenvalue weighted by atomic mass is 9.88. The van der Waals surface area contributed by atoms with Crippen LogP contribution in [-0.4, -0.2) is 5.17 Å². The van der Waals surface area contributed by atoms with E-state index in [0.717, 1.165) is 27.6 Å². The van der Waals surface area contributed by atoms with Gasteiger partial charge in [0.15, 0.2) is 0 Å². The summed E-state index contributed by atoms with van der Waals surface area (Å²) in [5, 5.41) is 6.49. The highest BCUT2D eigenvalue weighted by atomic mass is 35.5. The van der Waals surface area contributed by atoms with E-state index < -0.39 is 0 Å². The van der Waals surface area contributed by atoms with Crippen molar-refractivity contribution >= 4 is 51.3 Å². The lowest BCUT2D eigenvalue weighted by Gasteiger charge is -2.24. The summed E-state index contributed by atoms with van der Waals surface area (Å²) in [6, 6.07) is 17.0. The standard InChI is InChI=1S/C24H21ClN2S2/c1-15-11-18(28-14-15)13-26-23(16-5-4-6-16)17-9-10-22-20(12-17)27-24(25)19-7-2-3-8-21(19)29-22/h2-3,7-12,14,26H,4-6,13H2,1H3. The van der Waals surface area contributed by atoms with E-state index in [1.165, 1.54) is 46.5 Å². The molecular formula is C24H21ClN2S2. The zero-order valence-corrected chi connectivity index (χ0v) is 18.6. The summed E-state index contributed by atoms with van der Waals surface area (Å²) in [6.07, 6.45) is 3.62. The summed E-state index contributed by atoms with van der Waals surface area (Å²) in [5.74, 6) is 0. The topological polar surface area (TPSA) is 24.4 Å². The van der Waals surface area contributed by atoms with Crippen LogP contribution in [0.2, 0.25) is 0 Å². The fourth-order valence-corrected chi connectivity index (χ4v) is 5.78. The minimum absolute atomic E-state index is 0.559. The predicted molar refractivity (Wildman–Crippen MR) is 126 cm³/mol. The lowest BCUT2D eigenvalue weighted by Crippen LogP contribution is -2.16. The number of rotatable bonds is 4. The second-order valence-electron chi connectivity index (χ2n) is 7.46. The summed E-state index contributed by atoms with van der Waals surface area (Å²) < 4.78 is 0. The van der Waals surface area contributed by atoms with Crippen molar-refractivity contribution in [3.63, 3.8) is 0 Å². The maximum Gasteiger partial charge on any atom is 0.138 e. The van der Waals surface area contributed by atoms with Gasteiger partial charge in [-0.2, -0.15) is 0 Å². The SMILES string of the molecule is Cc1csc(CNC(=C2CCC2)c2ccc3c(c2)N=C(Cl)c2ccccc2S3)c1. The summed E-state index contributed by atoms with van der Waals surface area (Å²) in [4.78, 5) is 8.42. The summed E-state index contributed by atoms with van der Waals surface area (Å²) in [7, 11) is 0. The van der Waals surface area contributed by atoms with E-state index in [1.807, 2.05) is 29.5 Å². The van der Waals surface area contributed by atoms with E-state index in [2.05, 4.69) is 48.0 Å². The van der Waals surface area contributed by atoms with Gasteiger partial charge in [0.25, 0.3) is 0 Å². The molecule has 0 spiro atoms. The zero-order chi connectivity index (χ0) is 19.8. The van der Waals surface area contributed by atoms with E-state index >= 15 is 0 Å². The van der Waals surface area contributed by atoms with Crippen molar-refractivity contribution in [1.82, 2.24) is 5.32 Å². The van der Waals surface area contributed by atoms with Crippen LogP contribution in [0.3, 0.4) is 0 Å². The van der Waals surface area contributed by atoms with E-state index in [4.69, 9.17) is 16.6 Å². The predicted octanol–water partition coefficient (Wildman–Crippen LogP) is 7.52. The van der Waals surface area contributed by atoms with E-state index in [9.17, 15) is 0 Å². The highest BCUT2D eigenvalue weighted by Crippen LogP contribution is 2.42. The third kappa shape index (κ3) is 3.89. The number of nitrogens with zero attached hydrogens (tertiary/aromatic N) is 1. The second kappa shape index (κ2) is 8.02. The van der Waals surface area contributed by atoms with Crippen LogP contribution in [0.1, 0.15) is 40.8 Å². The molecule has 1 saturated carbocycles. The van der Waals surface area contributed by atoms with Gasteiger partial charge in [0, 0.05) is 32.5 Å². The van der Waals surface area contributed by atoms with Gasteiger partial charge in [-0.15, -0.1) is 11.3 Å². The average Bonchev–Trinajstić information content (AvgIpc) is 3.04. The maximum absolute atomic E-state index is 6.57. The van der Waals surface area contributed by atoms with Crippen LogP contribution >= 0.6 is 34.7 Å². The smallest absolute Gasteiger partial charge is 0.138 e. The first-order valence-electron chi connectivity index (χ1n) is 9.83. The Balaban J connectivity index is 1.49. The van der Waals surface area contributed by atoms with Crippen molar-refractivity contribution < 1.29 is 0 Å². The van der Waals surface area contributed by atoms with Crippen molar-refractivity contribution in [2.24, 2.45) is 4.99 Å². The molecule has 2 nitrogen and oxygen atoms in total. The molecule has 1 aliphatic carbocycles. The normalized spacial score (nSPS) is 15.0. The molecule has 0 bridgehead atoms. The summed E-state index contributed by atoms with van der Waals surface area (Å²) in [6.45, 7) is 3.01. The number of thiophene rings is 1. The number of aryl methyl sites for hydroxylation is 1. The Morgan fingerprint density at radius 3 is 2.72 bits per heavy atom. The molecular weight excluding hydrogens is 416 g/mol. The first-order valence-corrected chi connectivity index (χ1v) is 11.9. The maximum atomic E-state index is 6.57. The molecule has 1 aromatic heterocycles. The molecule has 0 radical (unpaired) electrons. The van der Waals surface area contributed by atoms with Gasteiger partial charge in [0.2, 0.25) is 0 Å². The molecule has 146 valence electrons. The van der Waals surface area contributed by atoms with Crippen molar-refractivity contribution in [1.29, 1.82) is 0 Å². The molecule has 1 fully saturated rings. The molecule has 0 saturated heterocycles. The van der Waals surface area contributed by atoms with E-state index in [0.29, 0.717) is 5.17 Å². The monoisotopic (exact) mass is 436 g/mol. The molecule has 5 rings (SSSR count). The molecule has 0 atom stereocenters. The third-order valence-corrected chi connectivity index (χ3v) is 7.81. The van der Waals surface area contributed by atoms with Crippen molar-refractivity contribution in [3.05, 3.63) is 81.1 Å². The minimum Gasteiger partial charge on any atom is -0.380 e. The highest BCUT2D eigenvalue weighted by molar-refractivity contribution is 7.99. The van der Waals surface area contributed by atoms with Crippen LogP contribution in [0.5, 0.6) is 0 Å². The Labute approximate surface area is 184 Å². The molecule has 1 N–H and O–H groups in total. The Bertz CT molecular complexity index is 1140. The highest BCUT2D eigenvalue weighted by Gasteiger charge is 2.20. The average molecular weight is 437 g/mol. The van der Waals surface area contributed by atoms with Gasteiger partial charge in [-0.25, -0.2) is 4.99 Å². The van der Waals surface area contributed by atoms with Crippen molar-refractivity contribution in [3.8, 4) is 0 Å². The molecule has 0 amide bonds. The zero-order valence-electron chi connectivity index (χ0n) is 16.2. The first-order chi connectivity index (χ1) is 14.2. The Morgan fingerprint density at radius 2 is 1.97 bits per heavy atom. The molecule has 5 heteroatoms. The van der Waals surface area contributed by atoms with Gasteiger partial charge in [0.1, 0.15) is 5.17 Å². The number of hydrogen-bond acceptors (Lipinski definition) is 4. The molecule has 1 aliphatic heterocycles. The minimum atomic E-state index is 0.559. The third-order valence-electron chi connectivity index (χ3n) is 5.33. The van der Waals surface area contributed by atoms with Gasteiger partial charge < -0.3 is 5.32 Å². The number of nitrogens with one attached hydrogen (secondary N) is 1. The van der Waals surface area contributed by atoms with Crippen LogP contribution in [0.15, 0.2) is 74.3 Å². The second-order valence-corrected chi connectivity index (χ2v) is 9.90. The van der Waals surface area contributed by atoms with Crippen LogP contribution in [-0.2, 0) is 6.54 Å². The largest absolute Gasteiger partial charge is 0.380 e. The summed E-state index contributed by atoms with van der Waals surface area (Å²) >= 11 is 10.1. The molecule has 0 unspecified atom stereocenters. The van der Waals surface area contributed by atoms with E-state index in [-0.39, 0.29) is 0 Å². The fourth-order valence-electron chi connectivity index (χ4n) is 3.65. The first kappa shape index (κ1) is 19.0. The molecule has 29 heavy (non-hydrogen) atoms. The van der Waals surface area contributed by atoms with Crippen molar-refractivity contribution in [2.75, 3.05) is 0 Å². The van der Waals surface area contributed by atoms with Crippen LogP contribution < -0.4 is 5.32 Å². The molecule has 2 aromatic carbocycles. The number of hydrogen-bond donors (Lipinski definition) is 1. The van der Waals surface area contributed by atoms with Crippen LogP contribution in [0, 0.1) is 6.92 Å². The van der Waals surface area contributed by atoms with Gasteiger partial charge >= 0.3 is 0 Å². The van der Waals surface area contributed by atoms with Crippen LogP contribution in [0.4, 0.5) is 5.69 Å². The number of fused-ring (bicyclic) bond motifs is 2. The number of benzene rings is 2. The number of allylic oxidation sites excluding steroid dienone is 1. The molecule has 3 aromatic rings. The summed E-state index contributed by atoms with van der Waals surface area (Å²) in [5.41, 5.74) is 7.25. The van der Waals surface area contributed by atoms with Gasteiger partial charge in [0.05, 0.1) is 5.69 Å². The quantitative estimate of drug-likeness (QED) is 0.457. The van der Waals surface area contributed by atoms with Gasteiger partial charge in [-0.05, 0) is 72.5 Å². The van der Waals surface area contributed by atoms with E-state index in [1.54, 1.807) is 11.8 Å². The molecule has 2 heterocycles. The van der Waals surface area contributed by atoms with Gasteiger partial charge in [-0.1, -0.05) is 47.6 Å². The lowest BCUT2D eigenvalue weighted by molar-refractivity contribution is 0.655. The molecule has 2 aliphatic rings.